The maximum Gasteiger partial charge on any atom is 0.0738 e. The van der Waals surface area contributed by atoms with E-state index in [1.165, 1.54) is 23.0 Å². The molecule has 0 aliphatic heterocycles. The summed E-state index contributed by atoms with van der Waals surface area (Å²) in [5, 5.41) is 8.21. The van der Waals surface area contributed by atoms with E-state index < -0.39 is 0 Å². The van der Waals surface area contributed by atoms with Crippen LogP contribution in [0.2, 0.25) is 0 Å². The minimum Gasteiger partial charge on any atom is -0.316 e. The fourth-order valence-electron chi connectivity index (χ4n) is 2.60. The zero-order valence-electron chi connectivity index (χ0n) is 13.7. The Kier molecular flexibility index (Phi) is 7.82. The van der Waals surface area contributed by atoms with Crippen LogP contribution in [0.1, 0.15) is 51.9 Å². The molecule has 1 N–H and O–H groups in total. The number of aryl methyl sites for hydroxylation is 2. The first-order valence-corrected chi connectivity index (χ1v) is 8.71. The minimum absolute atomic E-state index is 0.691. The second-order valence-corrected chi connectivity index (χ2v) is 6.87. The van der Waals surface area contributed by atoms with Gasteiger partial charge in [0, 0.05) is 6.54 Å². The van der Waals surface area contributed by atoms with Crippen molar-refractivity contribution in [3.63, 3.8) is 0 Å². The van der Waals surface area contributed by atoms with Gasteiger partial charge in [0.2, 0.25) is 0 Å². The van der Waals surface area contributed by atoms with E-state index in [-0.39, 0.29) is 0 Å². The second kappa shape index (κ2) is 8.83. The Morgan fingerprint density at radius 2 is 1.95 bits per heavy atom. The lowest BCUT2D eigenvalue weighted by Crippen LogP contribution is -2.28. The molecule has 0 fully saturated rings. The summed E-state index contributed by atoms with van der Waals surface area (Å²) in [6.07, 6.45) is 3.62. The first-order valence-electron chi connectivity index (χ1n) is 7.91. The van der Waals surface area contributed by atoms with Crippen LogP contribution in [-0.4, -0.2) is 22.9 Å². The Bertz CT molecular complexity index is 399. The standard InChI is InChI=1S/C16H30BrN3/c1-6-8-14(11-18-10-12(3)4)9-15-16(17)13(5)19-20(15)7-2/h12,14,18H,6-11H2,1-5H3. The molecule has 0 saturated heterocycles. The first-order chi connectivity index (χ1) is 9.49. The Hall–Kier alpha value is -0.350. The van der Waals surface area contributed by atoms with Gasteiger partial charge >= 0.3 is 0 Å². The van der Waals surface area contributed by atoms with E-state index >= 15 is 0 Å². The van der Waals surface area contributed by atoms with E-state index in [1.54, 1.807) is 0 Å². The van der Waals surface area contributed by atoms with Crippen molar-refractivity contribution in [2.75, 3.05) is 13.1 Å². The van der Waals surface area contributed by atoms with Crippen molar-refractivity contribution in [2.45, 2.75) is 60.4 Å². The highest BCUT2D eigenvalue weighted by Gasteiger charge is 2.17. The molecule has 0 saturated carbocycles. The average Bonchev–Trinajstić information content (AvgIpc) is 2.66. The van der Waals surface area contributed by atoms with Crippen LogP contribution in [0.5, 0.6) is 0 Å². The van der Waals surface area contributed by atoms with Crippen LogP contribution in [0.15, 0.2) is 4.47 Å². The third-order valence-corrected chi connectivity index (χ3v) is 4.65. The Balaban J connectivity index is 2.69. The van der Waals surface area contributed by atoms with E-state index in [9.17, 15) is 0 Å². The second-order valence-electron chi connectivity index (χ2n) is 6.07. The quantitative estimate of drug-likeness (QED) is 0.728. The molecular weight excluding hydrogens is 314 g/mol. The first kappa shape index (κ1) is 17.7. The van der Waals surface area contributed by atoms with E-state index in [0.29, 0.717) is 11.8 Å². The van der Waals surface area contributed by atoms with Gasteiger partial charge in [-0.3, -0.25) is 4.68 Å². The maximum atomic E-state index is 4.60. The molecule has 1 aromatic heterocycles. The predicted molar refractivity (Wildman–Crippen MR) is 90.1 cm³/mol. The molecule has 0 spiro atoms. The molecule has 1 unspecified atom stereocenters. The van der Waals surface area contributed by atoms with Crippen LogP contribution in [0, 0.1) is 18.8 Å². The molecule has 1 rings (SSSR count). The van der Waals surface area contributed by atoms with Crippen LogP contribution >= 0.6 is 15.9 Å². The maximum absolute atomic E-state index is 4.60. The van der Waals surface area contributed by atoms with E-state index in [0.717, 1.165) is 31.7 Å². The van der Waals surface area contributed by atoms with Crippen molar-refractivity contribution in [3.05, 3.63) is 15.9 Å². The highest BCUT2D eigenvalue weighted by molar-refractivity contribution is 9.10. The summed E-state index contributed by atoms with van der Waals surface area (Å²) < 4.78 is 3.34. The molecule has 20 heavy (non-hydrogen) atoms. The topological polar surface area (TPSA) is 29.9 Å². The fraction of sp³-hybridized carbons (Fsp3) is 0.812. The summed E-state index contributed by atoms with van der Waals surface area (Å²) in [4.78, 5) is 0. The molecule has 1 heterocycles. The molecule has 0 bridgehead atoms. The smallest absolute Gasteiger partial charge is 0.0738 e. The Labute approximate surface area is 132 Å². The van der Waals surface area contributed by atoms with Gasteiger partial charge in [-0.2, -0.15) is 5.10 Å². The molecule has 0 amide bonds. The Morgan fingerprint density at radius 3 is 2.50 bits per heavy atom. The number of nitrogens with one attached hydrogen (secondary N) is 1. The van der Waals surface area contributed by atoms with Gasteiger partial charge in [-0.05, 0) is 67.5 Å². The molecule has 1 atom stereocenters. The SMILES string of the molecule is CCCC(CNCC(C)C)Cc1c(Br)c(C)nn1CC. The fourth-order valence-corrected chi connectivity index (χ4v) is 3.04. The van der Waals surface area contributed by atoms with Gasteiger partial charge in [-0.25, -0.2) is 0 Å². The summed E-state index contributed by atoms with van der Waals surface area (Å²) in [5.74, 6) is 1.41. The number of hydrogen-bond donors (Lipinski definition) is 1. The van der Waals surface area contributed by atoms with Crippen molar-refractivity contribution in [3.8, 4) is 0 Å². The largest absolute Gasteiger partial charge is 0.316 e. The molecular formula is C16H30BrN3. The summed E-state index contributed by atoms with van der Waals surface area (Å²) >= 11 is 3.71. The van der Waals surface area contributed by atoms with Crippen molar-refractivity contribution >= 4 is 15.9 Å². The normalized spacial score (nSPS) is 13.2. The van der Waals surface area contributed by atoms with Gasteiger partial charge in [0.15, 0.2) is 0 Å². The van der Waals surface area contributed by atoms with E-state index in [1.807, 2.05) is 0 Å². The monoisotopic (exact) mass is 343 g/mol. The molecule has 0 aliphatic rings. The average molecular weight is 344 g/mol. The third kappa shape index (κ3) is 5.21. The van der Waals surface area contributed by atoms with Gasteiger partial charge in [-0.15, -0.1) is 0 Å². The van der Waals surface area contributed by atoms with Crippen molar-refractivity contribution in [1.29, 1.82) is 0 Å². The molecule has 3 nitrogen and oxygen atoms in total. The van der Waals surface area contributed by atoms with Crippen LogP contribution in [0.3, 0.4) is 0 Å². The zero-order valence-corrected chi connectivity index (χ0v) is 15.3. The number of aromatic nitrogens is 2. The van der Waals surface area contributed by atoms with Crippen molar-refractivity contribution in [2.24, 2.45) is 11.8 Å². The molecule has 0 aliphatic carbocycles. The van der Waals surface area contributed by atoms with Gasteiger partial charge in [0.25, 0.3) is 0 Å². The third-order valence-electron chi connectivity index (χ3n) is 3.62. The Morgan fingerprint density at radius 1 is 1.25 bits per heavy atom. The summed E-state index contributed by atoms with van der Waals surface area (Å²) in [6.45, 7) is 14.2. The van der Waals surface area contributed by atoms with Gasteiger partial charge in [-0.1, -0.05) is 27.2 Å². The molecule has 0 aromatic carbocycles. The van der Waals surface area contributed by atoms with Crippen molar-refractivity contribution in [1.82, 2.24) is 15.1 Å². The van der Waals surface area contributed by atoms with E-state index in [2.05, 4.69) is 65.6 Å². The lowest BCUT2D eigenvalue weighted by atomic mass is 9.97. The zero-order chi connectivity index (χ0) is 15.1. The van der Waals surface area contributed by atoms with Crippen LogP contribution < -0.4 is 5.32 Å². The summed E-state index contributed by atoms with van der Waals surface area (Å²) in [7, 11) is 0. The number of nitrogens with zero attached hydrogens (tertiary/aromatic N) is 2. The predicted octanol–water partition coefficient (Wildman–Crippen LogP) is 4.18. The molecule has 1 aromatic rings. The number of rotatable bonds is 9. The van der Waals surface area contributed by atoms with E-state index in [4.69, 9.17) is 0 Å². The lowest BCUT2D eigenvalue weighted by Gasteiger charge is -2.18. The minimum atomic E-state index is 0.691. The van der Waals surface area contributed by atoms with Gasteiger partial charge < -0.3 is 5.32 Å². The van der Waals surface area contributed by atoms with Gasteiger partial charge in [0.05, 0.1) is 15.9 Å². The van der Waals surface area contributed by atoms with Gasteiger partial charge in [0.1, 0.15) is 0 Å². The summed E-state index contributed by atoms with van der Waals surface area (Å²) in [5.41, 5.74) is 2.46. The highest BCUT2D eigenvalue weighted by atomic mass is 79.9. The number of hydrogen-bond acceptors (Lipinski definition) is 2. The van der Waals surface area contributed by atoms with Crippen molar-refractivity contribution < 1.29 is 0 Å². The lowest BCUT2D eigenvalue weighted by molar-refractivity contribution is 0.409. The molecule has 116 valence electrons. The number of halogens is 1. The van der Waals surface area contributed by atoms with Crippen LogP contribution in [0.25, 0.3) is 0 Å². The summed E-state index contributed by atoms with van der Waals surface area (Å²) in [6, 6.07) is 0. The molecule has 0 radical (unpaired) electrons. The van der Waals surface area contributed by atoms with Crippen LogP contribution in [0.4, 0.5) is 0 Å². The van der Waals surface area contributed by atoms with Crippen LogP contribution in [-0.2, 0) is 13.0 Å². The molecule has 4 heteroatoms. The highest BCUT2D eigenvalue weighted by Crippen LogP contribution is 2.25.